The van der Waals surface area contributed by atoms with Gasteiger partial charge >= 0.3 is 0 Å². The Hall–Kier alpha value is -0.770. The molecule has 0 spiro atoms. The van der Waals surface area contributed by atoms with Crippen molar-refractivity contribution < 1.29 is 0 Å². The van der Waals surface area contributed by atoms with Gasteiger partial charge in [0.15, 0.2) is 0 Å². The molecule has 1 aliphatic carbocycles. The molecule has 1 aromatic rings. The van der Waals surface area contributed by atoms with Crippen molar-refractivity contribution in [3.05, 3.63) is 18.6 Å². The van der Waals surface area contributed by atoms with Crippen molar-refractivity contribution in [3.63, 3.8) is 0 Å². The molecule has 0 radical (unpaired) electrons. The van der Waals surface area contributed by atoms with Crippen LogP contribution in [0.5, 0.6) is 0 Å². The molecule has 82 valence electrons. The Morgan fingerprint density at radius 1 is 1.47 bits per heavy atom. The molecule has 3 nitrogen and oxygen atoms in total. The first-order valence-electron chi connectivity index (χ1n) is 5.44. The zero-order chi connectivity index (χ0) is 10.5. The van der Waals surface area contributed by atoms with Crippen LogP contribution in [0.2, 0.25) is 0 Å². The highest BCUT2D eigenvalue weighted by Gasteiger charge is 2.21. The van der Waals surface area contributed by atoms with E-state index in [2.05, 4.69) is 21.5 Å². The third kappa shape index (κ3) is 3.09. The van der Waals surface area contributed by atoms with Gasteiger partial charge in [-0.15, -0.1) is 0 Å². The number of hydrogen-bond donors (Lipinski definition) is 1. The molecular formula is C11H17N3S. The van der Waals surface area contributed by atoms with Gasteiger partial charge in [-0.05, 0) is 31.6 Å². The van der Waals surface area contributed by atoms with Crippen molar-refractivity contribution in [3.8, 4) is 0 Å². The normalized spacial score (nSPS) is 26.2. The van der Waals surface area contributed by atoms with Crippen molar-refractivity contribution >= 4 is 17.6 Å². The van der Waals surface area contributed by atoms with Gasteiger partial charge in [-0.25, -0.2) is 9.97 Å². The summed E-state index contributed by atoms with van der Waals surface area (Å²) in [6.45, 7) is 0. The van der Waals surface area contributed by atoms with Gasteiger partial charge in [-0.2, -0.15) is 11.8 Å². The predicted molar refractivity (Wildman–Crippen MR) is 65.2 cm³/mol. The number of nitrogens with zero attached hydrogens (tertiary/aromatic N) is 2. The Kier molecular flexibility index (Phi) is 3.83. The van der Waals surface area contributed by atoms with Crippen molar-refractivity contribution in [1.29, 1.82) is 0 Å². The van der Waals surface area contributed by atoms with Gasteiger partial charge in [0.1, 0.15) is 12.1 Å². The third-order valence-electron chi connectivity index (χ3n) is 2.89. The van der Waals surface area contributed by atoms with E-state index in [1.807, 2.05) is 17.8 Å². The molecule has 2 atom stereocenters. The average molecular weight is 223 g/mol. The van der Waals surface area contributed by atoms with Gasteiger partial charge in [0.05, 0.1) is 0 Å². The van der Waals surface area contributed by atoms with Gasteiger partial charge in [-0.1, -0.05) is 6.42 Å². The summed E-state index contributed by atoms with van der Waals surface area (Å²) in [5.41, 5.74) is 0. The van der Waals surface area contributed by atoms with Crippen molar-refractivity contribution in [1.82, 2.24) is 9.97 Å². The quantitative estimate of drug-likeness (QED) is 0.854. The van der Waals surface area contributed by atoms with Crippen LogP contribution in [-0.2, 0) is 0 Å². The monoisotopic (exact) mass is 223 g/mol. The first kappa shape index (κ1) is 10.7. The second-order valence-electron chi connectivity index (χ2n) is 3.96. The van der Waals surface area contributed by atoms with Gasteiger partial charge < -0.3 is 5.32 Å². The minimum Gasteiger partial charge on any atom is -0.367 e. The van der Waals surface area contributed by atoms with Gasteiger partial charge in [0, 0.05) is 17.5 Å². The smallest absolute Gasteiger partial charge is 0.129 e. The lowest BCUT2D eigenvalue weighted by Crippen LogP contribution is -2.28. The Morgan fingerprint density at radius 2 is 2.40 bits per heavy atom. The first-order valence-corrected chi connectivity index (χ1v) is 6.72. The Morgan fingerprint density at radius 3 is 3.13 bits per heavy atom. The lowest BCUT2D eigenvalue weighted by atomic mass is 9.95. The summed E-state index contributed by atoms with van der Waals surface area (Å²) in [4.78, 5) is 8.11. The number of rotatable bonds is 3. The number of nitrogens with one attached hydrogen (secondary N) is 1. The molecule has 1 saturated carbocycles. The van der Waals surface area contributed by atoms with E-state index in [1.54, 1.807) is 12.5 Å². The van der Waals surface area contributed by atoms with Crippen LogP contribution in [0, 0.1) is 0 Å². The molecule has 0 aromatic carbocycles. The zero-order valence-electron chi connectivity index (χ0n) is 9.02. The molecule has 1 aliphatic rings. The van der Waals surface area contributed by atoms with E-state index in [0.717, 1.165) is 11.1 Å². The van der Waals surface area contributed by atoms with Gasteiger partial charge in [0.25, 0.3) is 0 Å². The lowest BCUT2D eigenvalue weighted by molar-refractivity contribution is 0.472. The van der Waals surface area contributed by atoms with Crippen LogP contribution in [0.4, 0.5) is 5.82 Å². The van der Waals surface area contributed by atoms with E-state index in [4.69, 9.17) is 0 Å². The summed E-state index contributed by atoms with van der Waals surface area (Å²) in [6.07, 6.45) is 10.8. The van der Waals surface area contributed by atoms with Crippen molar-refractivity contribution in [2.45, 2.75) is 37.0 Å². The van der Waals surface area contributed by atoms with Gasteiger partial charge in [-0.3, -0.25) is 0 Å². The molecule has 0 bridgehead atoms. The van der Waals surface area contributed by atoms with E-state index in [1.165, 1.54) is 25.7 Å². The maximum Gasteiger partial charge on any atom is 0.129 e. The molecule has 15 heavy (non-hydrogen) atoms. The topological polar surface area (TPSA) is 37.8 Å². The van der Waals surface area contributed by atoms with E-state index in [-0.39, 0.29) is 0 Å². The molecule has 0 aliphatic heterocycles. The SMILES string of the molecule is CSC1CCCC(Nc2ccncn2)C1. The third-order valence-corrected chi connectivity index (χ3v) is 3.99. The van der Waals surface area contributed by atoms with Crippen molar-refractivity contribution in [2.75, 3.05) is 11.6 Å². The summed E-state index contributed by atoms with van der Waals surface area (Å²) in [7, 11) is 0. The van der Waals surface area contributed by atoms with Crippen molar-refractivity contribution in [2.24, 2.45) is 0 Å². The summed E-state index contributed by atoms with van der Waals surface area (Å²) < 4.78 is 0. The van der Waals surface area contributed by atoms with Gasteiger partial charge in [0.2, 0.25) is 0 Å². The molecular weight excluding hydrogens is 206 g/mol. The van der Waals surface area contributed by atoms with Crippen LogP contribution in [-0.4, -0.2) is 27.5 Å². The van der Waals surface area contributed by atoms with Crippen LogP contribution in [0.15, 0.2) is 18.6 Å². The first-order chi connectivity index (χ1) is 7.38. The molecule has 4 heteroatoms. The molecule has 2 unspecified atom stereocenters. The zero-order valence-corrected chi connectivity index (χ0v) is 9.83. The highest BCUT2D eigenvalue weighted by atomic mass is 32.2. The second kappa shape index (κ2) is 5.35. The minimum atomic E-state index is 0.589. The number of aromatic nitrogens is 2. The Labute approximate surface area is 95.1 Å². The number of thioether (sulfide) groups is 1. The number of anilines is 1. The number of hydrogen-bond acceptors (Lipinski definition) is 4. The Balaban J connectivity index is 1.89. The molecule has 1 aromatic heterocycles. The standard InChI is InChI=1S/C11H17N3S/c1-15-10-4-2-3-9(7-10)14-11-5-6-12-8-13-11/h5-6,8-10H,2-4,7H2,1H3,(H,12,13,14). The molecule has 1 heterocycles. The van der Waals surface area contributed by atoms with Crippen LogP contribution < -0.4 is 5.32 Å². The van der Waals surface area contributed by atoms with Crippen LogP contribution in [0.3, 0.4) is 0 Å². The Bertz CT molecular complexity index is 291. The lowest BCUT2D eigenvalue weighted by Gasteiger charge is -2.28. The van der Waals surface area contributed by atoms with Crippen LogP contribution in [0.1, 0.15) is 25.7 Å². The molecule has 1 N–H and O–H groups in total. The highest BCUT2D eigenvalue weighted by molar-refractivity contribution is 7.99. The molecule has 1 fully saturated rings. The summed E-state index contributed by atoms with van der Waals surface area (Å²) in [5, 5.41) is 4.30. The predicted octanol–water partition coefficient (Wildman–Crippen LogP) is 2.56. The highest BCUT2D eigenvalue weighted by Crippen LogP contribution is 2.28. The van der Waals surface area contributed by atoms with Crippen LogP contribution in [0.25, 0.3) is 0 Å². The fraction of sp³-hybridized carbons (Fsp3) is 0.636. The molecule has 0 amide bonds. The summed E-state index contributed by atoms with van der Waals surface area (Å²) >= 11 is 1.99. The fourth-order valence-electron chi connectivity index (χ4n) is 2.08. The van der Waals surface area contributed by atoms with E-state index in [9.17, 15) is 0 Å². The molecule has 2 rings (SSSR count). The average Bonchev–Trinajstić information content (AvgIpc) is 2.31. The summed E-state index contributed by atoms with van der Waals surface area (Å²) in [6, 6.07) is 2.52. The largest absolute Gasteiger partial charge is 0.367 e. The van der Waals surface area contributed by atoms with E-state index >= 15 is 0 Å². The molecule has 0 saturated heterocycles. The second-order valence-corrected chi connectivity index (χ2v) is 5.10. The fourth-order valence-corrected chi connectivity index (χ4v) is 2.90. The van der Waals surface area contributed by atoms with Crippen LogP contribution >= 0.6 is 11.8 Å². The maximum absolute atomic E-state index is 4.19. The van der Waals surface area contributed by atoms with E-state index in [0.29, 0.717) is 6.04 Å². The summed E-state index contributed by atoms with van der Waals surface area (Å²) in [5.74, 6) is 0.955. The van der Waals surface area contributed by atoms with E-state index < -0.39 is 0 Å². The maximum atomic E-state index is 4.19. The minimum absolute atomic E-state index is 0.589.